The van der Waals surface area contributed by atoms with Gasteiger partial charge in [-0.2, -0.15) is 0 Å². The number of pyridine rings is 1. The van der Waals surface area contributed by atoms with E-state index in [1.54, 1.807) is 37.3 Å². The fourth-order valence-electron chi connectivity index (χ4n) is 4.53. The third kappa shape index (κ3) is 5.63. The summed E-state index contributed by atoms with van der Waals surface area (Å²) < 4.78 is 10.6. The Morgan fingerprint density at radius 1 is 1.00 bits per heavy atom. The van der Waals surface area contributed by atoms with Crippen LogP contribution in [0.2, 0.25) is 0 Å². The minimum absolute atomic E-state index is 0.0682. The van der Waals surface area contributed by atoms with Gasteiger partial charge in [0.1, 0.15) is 17.1 Å². The zero-order chi connectivity index (χ0) is 26.7. The number of ether oxygens (including phenoxy) is 1. The van der Waals surface area contributed by atoms with Crippen LogP contribution in [0.25, 0.3) is 11.0 Å². The number of aryl methyl sites for hydroxylation is 1. The van der Waals surface area contributed by atoms with Crippen molar-refractivity contribution in [2.45, 2.75) is 32.6 Å². The molecule has 0 unspecified atom stereocenters. The van der Waals surface area contributed by atoms with E-state index >= 15 is 0 Å². The summed E-state index contributed by atoms with van der Waals surface area (Å²) in [6.07, 6.45) is 3.94. The van der Waals surface area contributed by atoms with Gasteiger partial charge in [-0.05, 0) is 62.4 Å². The highest BCUT2D eigenvalue weighted by Crippen LogP contribution is 2.35. The Balaban J connectivity index is 1.62. The second-order valence-corrected chi connectivity index (χ2v) is 9.45. The number of amides is 3. The van der Waals surface area contributed by atoms with Gasteiger partial charge in [-0.1, -0.05) is 6.07 Å². The zero-order valence-corrected chi connectivity index (χ0v) is 21.3. The lowest BCUT2D eigenvalue weighted by atomic mass is 9.81. The second kappa shape index (κ2) is 10.8. The summed E-state index contributed by atoms with van der Waals surface area (Å²) in [4.78, 5) is 56.6. The molecule has 0 bridgehead atoms. The molecular weight excluding hydrogens is 476 g/mol. The first-order valence-corrected chi connectivity index (χ1v) is 12.1. The lowest BCUT2D eigenvalue weighted by Gasteiger charge is -2.28. The second-order valence-electron chi connectivity index (χ2n) is 9.45. The van der Waals surface area contributed by atoms with Crippen LogP contribution in [0.5, 0.6) is 0 Å². The number of carbonyl (C=O) groups is 4. The highest BCUT2D eigenvalue weighted by molar-refractivity contribution is 6.15. The number of nitrogens with zero attached hydrogens (tertiary/aromatic N) is 2. The van der Waals surface area contributed by atoms with Gasteiger partial charge >= 0.3 is 5.97 Å². The van der Waals surface area contributed by atoms with Crippen molar-refractivity contribution in [3.8, 4) is 0 Å². The number of aromatic nitrogens is 1. The number of benzene rings is 1. The smallest absolute Gasteiger partial charge is 0.337 e. The maximum atomic E-state index is 13.3. The van der Waals surface area contributed by atoms with E-state index in [1.165, 1.54) is 19.2 Å². The highest BCUT2D eigenvalue weighted by Gasteiger charge is 2.32. The number of hydrogen-bond donors (Lipinski definition) is 2. The molecule has 10 nitrogen and oxygen atoms in total. The Bertz CT molecular complexity index is 1340. The molecule has 0 spiro atoms. The van der Waals surface area contributed by atoms with Crippen molar-refractivity contribution in [1.82, 2.24) is 9.88 Å². The Kier molecular flexibility index (Phi) is 7.56. The third-order valence-electron chi connectivity index (χ3n) is 6.60. The van der Waals surface area contributed by atoms with Crippen LogP contribution in [0, 0.1) is 18.8 Å². The summed E-state index contributed by atoms with van der Waals surface area (Å²) in [6, 6.07) is 8.07. The van der Waals surface area contributed by atoms with Crippen LogP contribution in [0.1, 0.15) is 52.2 Å². The summed E-state index contributed by atoms with van der Waals surface area (Å²) in [5, 5.41) is 5.95. The first-order valence-electron chi connectivity index (χ1n) is 12.1. The number of esters is 1. The van der Waals surface area contributed by atoms with Crippen LogP contribution in [0.3, 0.4) is 0 Å². The fraction of sp³-hybridized carbons (Fsp3) is 0.370. The molecule has 4 rings (SSSR count). The Hall–Kier alpha value is -4.21. The summed E-state index contributed by atoms with van der Waals surface area (Å²) in [5.41, 5.74) is 1.68. The molecule has 0 radical (unpaired) electrons. The fourth-order valence-corrected chi connectivity index (χ4v) is 4.53. The van der Waals surface area contributed by atoms with Gasteiger partial charge in [-0.3, -0.25) is 14.4 Å². The Labute approximate surface area is 214 Å². The SMILES string of the molecule is COC(=O)c1ccc2oc(C(=O)Nc3ccc(C)cn3)c(NC(=O)[C@H]3CC[C@H](C(=O)N(C)C)CC3)c2c1. The van der Waals surface area contributed by atoms with Crippen LogP contribution in [0.4, 0.5) is 11.5 Å². The topological polar surface area (TPSA) is 131 Å². The predicted molar refractivity (Wildman–Crippen MR) is 137 cm³/mol. The quantitative estimate of drug-likeness (QED) is 0.483. The minimum Gasteiger partial charge on any atom is -0.465 e. The molecule has 2 aromatic heterocycles. The van der Waals surface area contributed by atoms with Crippen molar-refractivity contribution in [2.75, 3.05) is 31.8 Å². The van der Waals surface area contributed by atoms with Crippen molar-refractivity contribution in [2.24, 2.45) is 11.8 Å². The summed E-state index contributed by atoms with van der Waals surface area (Å²) in [6.45, 7) is 1.88. The largest absolute Gasteiger partial charge is 0.465 e. The molecule has 3 amide bonds. The van der Waals surface area contributed by atoms with Crippen molar-refractivity contribution < 1.29 is 28.3 Å². The van der Waals surface area contributed by atoms with Crippen LogP contribution in [0.15, 0.2) is 40.9 Å². The van der Waals surface area contributed by atoms with Gasteiger partial charge in [0, 0.05) is 37.5 Å². The number of fused-ring (bicyclic) bond motifs is 1. The van der Waals surface area contributed by atoms with E-state index in [9.17, 15) is 19.2 Å². The molecule has 1 saturated carbocycles. The number of methoxy groups -OCH3 is 1. The molecule has 1 aliphatic carbocycles. The van der Waals surface area contributed by atoms with Gasteiger partial charge in [-0.25, -0.2) is 9.78 Å². The molecule has 0 saturated heterocycles. The molecule has 194 valence electrons. The lowest BCUT2D eigenvalue weighted by Crippen LogP contribution is -2.35. The van der Waals surface area contributed by atoms with Gasteiger partial charge in [0.15, 0.2) is 0 Å². The van der Waals surface area contributed by atoms with E-state index in [1.807, 2.05) is 13.0 Å². The average Bonchev–Trinajstić information content (AvgIpc) is 3.26. The van der Waals surface area contributed by atoms with E-state index in [2.05, 4.69) is 15.6 Å². The van der Waals surface area contributed by atoms with Crippen LogP contribution >= 0.6 is 0 Å². The van der Waals surface area contributed by atoms with Gasteiger partial charge < -0.3 is 24.7 Å². The van der Waals surface area contributed by atoms with E-state index < -0.39 is 11.9 Å². The van der Waals surface area contributed by atoms with Crippen LogP contribution in [-0.2, 0) is 14.3 Å². The highest BCUT2D eigenvalue weighted by atomic mass is 16.5. The molecule has 1 aliphatic rings. The van der Waals surface area contributed by atoms with Crippen molar-refractivity contribution in [3.05, 3.63) is 53.4 Å². The maximum absolute atomic E-state index is 13.3. The molecule has 1 fully saturated rings. The molecule has 1 aromatic carbocycles. The van der Waals surface area contributed by atoms with Gasteiger partial charge in [0.2, 0.25) is 17.6 Å². The van der Waals surface area contributed by atoms with Gasteiger partial charge in [0.05, 0.1) is 12.7 Å². The number of carbonyl (C=O) groups excluding carboxylic acids is 4. The predicted octanol–water partition coefficient (Wildman–Crippen LogP) is 4.01. The number of nitrogens with one attached hydrogen (secondary N) is 2. The van der Waals surface area contributed by atoms with Crippen molar-refractivity contribution >= 4 is 46.2 Å². The zero-order valence-electron chi connectivity index (χ0n) is 21.3. The molecule has 0 atom stereocenters. The molecule has 37 heavy (non-hydrogen) atoms. The van der Waals surface area contributed by atoms with Crippen molar-refractivity contribution in [3.63, 3.8) is 0 Å². The third-order valence-corrected chi connectivity index (χ3v) is 6.60. The standard InChI is InChI=1S/C27H30N4O6/c1-15-5-12-21(28-14-15)29-25(33)23-22(19-13-18(27(35)36-4)10-11-20(19)37-23)30-24(32)16-6-8-17(9-7-16)26(34)31(2)3/h5,10-14,16-17H,6-9H2,1-4H3,(H,30,32)(H,28,29,33)/t16-,17-. The van der Waals surface area contributed by atoms with E-state index in [-0.39, 0.29) is 40.7 Å². The molecule has 2 heterocycles. The lowest BCUT2D eigenvalue weighted by molar-refractivity contribution is -0.135. The number of rotatable bonds is 6. The Morgan fingerprint density at radius 3 is 2.32 bits per heavy atom. The van der Waals surface area contributed by atoms with Gasteiger partial charge in [-0.15, -0.1) is 0 Å². The van der Waals surface area contributed by atoms with Crippen LogP contribution in [-0.4, -0.2) is 54.8 Å². The minimum atomic E-state index is -0.595. The number of hydrogen-bond acceptors (Lipinski definition) is 7. The maximum Gasteiger partial charge on any atom is 0.337 e. The monoisotopic (exact) mass is 506 g/mol. The molecular formula is C27H30N4O6. The van der Waals surface area contributed by atoms with E-state index in [0.29, 0.717) is 42.5 Å². The normalized spacial score (nSPS) is 17.2. The van der Waals surface area contributed by atoms with Gasteiger partial charge in [0.25, 0.3) is 5.91 Å². The van der Waals surface area contributed by atoms with Crippen molar-refractivity contribution in [1.29, 1.82) is 0 Å². The molecule has 0 aliphatic heterocycles. The first kappa shape index (κ1) is 25.9. The first-order chi connectivity index (χ1) is 17.7. The van der Waals surface area contributed by atoms with Crippen LogP contribution < -0.4 is 10.6 Å². The molecule has 10 heteroatoms. The average molecular weight is 507 g/mol. The summed E-state index contributed by atoms with van der Waals surface area (Å²) in [7, 11) is 4.73. The Morgan fingerprint density at radius 2 is 1.70 bits per heavy atom. The summed E-state index contributed by atoms with van der Waals surface area (Å²) in [5.74, 6) is -1.56. The van der Waals surface area contributed by atoms with E-state index in [4.69, 9.17) is 9.15 Å². The number of furan rings is 1. The number of anilines is 2. The summed E-state index contributed by atoms with van der Waals surface area (Å²) >= 11 is 0. The molecule has 2 N–H and O–H groups in total. The molecule has 3 aromatic rings. The van der Waals surface area contributed by atoms with E-state index in [0.717, 1.165) is 5.56 Å².